The summed E-state index contributed by atoms with van der Waals surface area (Å²) < 4.78 is 24.3. The summed E-state index contributed by atoms with van der Waals surface area (Å²) in [7, 11) is 0. The van der Waals surface area contributed by atoms with Crippen molar-refractivity contribution in [2.45, 2.75) is 41.5 Å². The Balaban J connectivity index is 0.000000127. The zero-order chi connectivity index (χ0) is 96.7. The third-order valence-corrected chi connectivity index (χ3v) is 23.8. The number of benzene rings is 14. The van der Waals surface area contributed by atoms with Crippen molar-refractivity contribution in [3.63, 3.8) is 0 Å². The maximum Gasteiger partial charge on any atom is 0.120 e. The van der Waals surface area contributed by atoms with Crippen molar-refractivity contribution in [3.05, 3.63) is 532 Å². The fourth-order valence-electron chi connectivity index (χ4n) is 16.3. The van der Waals surface area contributed by atoms with Gasteiger partial charge in [0.1, 0.15) is 22.3 Å². The molecule has 26 rings (SSSR count). The number of rotatable bonds is 10. The van der Waals surface area contributed by atoms with Gasteiger partial charge < -0.3 is 57.5 Å². The van der Waals surface area contributed by atoms with Gasteiger partial charge in [0.25, 0.3) is 0 Å². The molecule has 0 atom stereocenters. The van der Waals surface area contributed by atoms with Crippen LogP contribution in [0.4, 0.5) is 0 Å². The fourth-order valence-corrected chi connectivity index (χ4v) is 16.3. The van der Waals surface area contributed by atoms with Crippen LogP contribution in [0.25, 0.3) is 200 Å². The van der Waals surface area contributed by atoms with Gasteiger partial charge in [-0.25, -0.2) is 0 Å². The Morgan fingerprint density at radius 3 is 0.788 bits per heavy atom. The molecule has 12 nitrogen and oxygen atoms in total. The summed E-state index contributed by atoms with van der Waals surface area (Å²) in [5.74, 6) is 0. The van der Waals surface area contributed by atoms with E-state index in [1.807, 2.05) is 355 Å². The molecule has 0 aliphatic carbocycles. The number of para-hydroxylation sites is 4. The molecule has 0 unspecified atom stereocenters. The third-order valence-electron chi connectivity index (χ3n) is 23.8. The number of hydrogen-bond donors (Lipinski definition) is 0. The SMILES string of the molecule is Cc1ccc(-c2[c-]ccc3c2oc2ccccc23)nc1.Cc1ccc(-c2[c-]cccc2)nc1.Cc1ccc(-c2[c-]cccc2)nc1.Cc1ccc(-c2ccnc(-c3[c-]ccc4c3oc3ccccc34)c2)cc1.Cc1cnc(-c2[c-]ccc3c2oc2ccccc23)cc1C.[Ir].[Ir].[Ir].[Ir].[c-]1ccc2c(oc3ccccc32)c1-c1cc(-c2ccccc2)ccn1.[c-]1ccccc1-c1ccccn1.[c-]1ccccc1-c1ccccn1. The minimum Gasteiger partial charge on any atom is -0.501 e. The molecule has 0 bridgehead atoms. The van der Waals surface area contributed by atoms with E-state index in [1.54, 1.807) is 12.4 Å². The summed E-state index contributed by atoms with van der Waals surface area (Å²) in [6.07, 6.45) is 14.8. The molecule has 12 aromatic heterocycles. The van der Waals surface area contributed by atoms with E-state index in [9.17, 15) is 0 Å². The zero-order valence-corrected chi connectivity index (χ0v) is 89.8. The molecular weight excluding hydrogens is 2510 g/mol. The Bertz CT molecular complexity index is 8460. The van der Waals surface area contributed by atoms with E-state index < -0.39 is 0 Å². The third kappa shape index (κ3) is 25.4. The molecule has 0 spiro atoms. The Labute approximate surface area is 903 Å². The van der Waals surface area contributed by atoms with Crippen LogP contribution in [0.1, 0.15) is 33.4 Å². The van der Waals surface area contributed by atoms with E-state index in [0.717, 1.165) is 195 Å². The van der Waals surface area contributed by atoms with Crippen LogP contribution in [-0.2, 0) is 80.4 Å². The molecular formula is C130H92Ir4N8O4-8. The minimum atomic E-state index is 0. The molecule has 0 saturated carbocycles. The number of nitrogens with zero attached hydrogens (tertiary/aromatic N) is 8. The van der Waals surface area contributed by atoms with E-state index >= 15 is 0 Å². The second kappa shape index (κ2) is 50.8. The monoisotopic (exact) mass is 2600 g/mol. The average molecular weight is 2600 g/mol. The molecule has 16 heteroatoms. The number of aryl methyl sites for hydroxylation is 6. The number of hydrogen-bond acceptors (Lipinski definition) is 12. The Morgan fingerprint density at radius 1 is 0.178 bits per heavy atom. The van der Waals surface area contributed by atoms with E-state index in [4.69, 9.17) is 17.7 Å². The molecule has 12 heterocycles. The molecule has 0 fully saturated rings. The topological polar surface area (TPSA) is 156 Å². The normalized spacial score (nSPS) is 10.5. The van der Waals surface area contributed by atoms with Crippen molar-refractivity contribution in [2.75, 3.05) is 0 Å². The molecule has 0 saturated heterocycles. The molecule has 14 aromatic carbocycles. The first-order valence-electron chi connectivity index (χ1n) is 46.7. The van der Waals surface area contributed by atoms with E-state index in [0.29, 0.717) is 0 Å². The van der Waals surface area contributed by atoms with E-state index in [2.05, 4.69) is 212 Å². The largest absolute Gasteiger partial charge is 0.501 e. The van der Waals surface area contributed by atoms with Crippen LogP contribution in [0.3, 0.4) is 0 Å². The molecule has 0 aliphatic rings. The van der Waals surface area contributed by atoms with Crippen molar-refractivity contribution < 1.29 is 98.1 Å². The molecule has 0 N–H and O–H groups in total. The van der Waals surface area contributed by atoms with Gasteiger partial charge in [0.15, 0.2) is 0 Å². The maximum atomic E-state index is 6.13. The van der Waals surface area contributed by atoms with Crippen molar-refractivity contribution >= 4 is 87.8 Å². The van der Waals surface area contributed by atoms with Gasteiger partial charge in [0, 0.05) is 152 Å². The van der Waals surface area contributed by atoms with Crippen LogP contribution in [0, 0.1) is 90.1 Å². The predicted molar refractivity (Wildman–Crippen MR) is 576 cm³/mol. The number of fused-ring (bicyclic) bond motifs is 12. The van der Waals surface area contributed by atoms with Crippen LogP contribution in [0.15, 0.2) is 468 Å². The van der Waals surface area contributed by atoms with Crippen LogP contribution >= 0.6 is 0 Å². The average Bonchev–Trinajstić information content (AvgIpc) is 1.63. The standard InChI is InChI=1S/C24H16NO.C23H14NO.C19H14NO.C18H12NO.2C12H10N.2C11H8N.4Ir/c1-16-9-11-17(12-10-16)18-13-14-25-22(15-18)21-7-4-6-20-19-5-2-3-8-23(19)26-24(20)21;1-2-7-16(8-3-1)17-13-14-24-21(15-17)20-11-6-10-19-18-9-4-5-12-22(18)25-23(19)20;1-12-10-17(20-11-13(12)2)16-8-5-7-15-14-6-3-4-9-18(14)21-19(15)16;1-12-9-10-16(19-11-12)15-7-4-6-14-13-5-2-3-8-17(13)20-18(14)15;2*1-10-7-8-12(13-9-10)11-5-3-2-4-6-11;2*1-2-6-10(7-3-1)11-8-4-5-9-12-11;;;;/h2-6,8-15H,1H3;1-10,12-15H;3-7,9-11H,1-2H3;2-6,8-11H,1H3;2*2-5,7-9H,1H3;2*1-6,8-9H;;;;/q8*-1;;;;. The zero-order valence-electron chi connectivity index (χ0n) is 80.3. The Kier molecular flexibility index (Phi) is 36.4. The second-order valence-corrected chi connectivity index (χ2v) is 33.7. The van der Waals surface area contributed by atoms with Crippen molar-refractivity contribution in [1.82, 2.24) is 39.9 Å². The first-order valence-corrected chi connectivity index (χ1v) is 46.7. The minimum absolute atomic E-state index is 0. The van der Waals surface area contributed by atoms with Gasteiger partial charge in [0.2, 0.25) is 0 Å². The number of furan rings is 4. The smallest absolute Gasteiger partial charge is 0.120 e. The Morgan fingerprint density at radius 2 is 0.466 bits per heavy atom. The maximum absolute atomic E-state index is 6.13. The van der Waals surface area contributed by atoms with Crippen LogP contribution in [0.2, 0.25) is 0 Å². The summed E-state index contributed by atoms with van der Waals surface area (Å²) >= 11 is 0. The molecule has 4 radical (unpaired) electrons. The molecule has 720 valence electrons. The van der Waals surface area contributed by atoms with Crippen LogP contribution < -0.4 is 0 Å². The van der Waals surface area contributed by atoms with E-state index in [-0.39, 0.29) is 80.4 Å². The van der Waals surface area contributed by atoms with Gasteiger partial charge >= 0.3 is 0 Å². The van der Waals surface area contributed by atoms with Crippen molar-refractivity contribution in [2.24, 2.45) is 0 Å². The van der Waals surface area contributed by atoms with Crippen LogP contribution in [-0.4, -0.2) is 39.9 Å². The van der Waals surface area contributed by atoms with Crippen molar-refractivity contribution in [1.29, 1.82) is 0 Å². The predicted octanol–water partition coefficient (Wildman–Crippen LogP) is 33.2. The fraction of sp³-hybridized carbons (Fsp3) is 0.0462. The summed E-state index contributed by atoms with van der Waals surface area (Å²) in [6.45, 7) is 12.4. The summed E-state index contributed by atoms with van der Waals surface area (Å²) in [6, 6.07) is 159. The Hall–Kier alpha value is -15.9. The first-order chi connectivity index (χ1) is 69.9. The second-order valence-electron chi connectivity index (χ2n) is 33.7. The summed E-state index contributed by atoms with van der Waals surface area (Å²) in [5.41, 5.74) is 34.0. The van der Waals surface area contributed by atoms with Gasteiger partial charge in [-0.1, -0.05) is 261 Å². The number of pyridine rings is 8. The van der Waals surface area contributed by atoms with E-state index in [1.165, 1.54) is 38.9 Å². The summed E-state index contributed by atoms with van der Waals surface area (Å²) in [4.78, 5) is 35.2. The summed E-state index contributed by atoms with van der Waals surface area (Å²) in [5, 5.41) is 8.90. The molecule has 0 aliphatic heterocycles. The van der Waals surface area contributed by atoms with Gasteiger partial charge in [-0.3, -0.25) is 0 Å². The van der Waals surface area contributed by atoms with Gasteiger partial charge in [-0.15, -0.1) is 216 Å². The quantitative estimate of drug-likeness (QED) is 0.120. The first kappa shape index (κ1) is 104. The van der Waals surface area contributed by atoms with Gasteiger partial charge in [-0.05, 0) is 180 Å². The molecule has 0 amide bonds. The van der Waals surface area contributed by atoms with Gasteiger partial charge in [-0.2, -0.15) is 0 Å². The number of aromatic nitrogens is 8. The molecule has 26 aromatic rings. The molecule has 146 heavy (non-hydrogen) atoms. The van der Waals surface area contributed by atoms with Crippen LogP contribution in [0.5, 0.6) is 0 Å². The van der Waals surface area contributed by atoms with Gasteiger partial charge in [0.05, 0.1) is 22.3 Å². The van der Waals surface area contributed by atoms with Crippen molar-refractivity contribution in [3.8, 4) is 112 Å².